The molecule has 0 aromatic carbocycles. The molecule has 0 saturated heterocycles. The van der Waals surface area contributed by atoms with E-state index in [0.717, 1.165) is 122 Å². The van der Waals surface area contributed by atoms with Gasteiger partial charge in [0.15, 0.2) is 6.10 Å². The number of carbonyl (C=O) groups is 2. The maximum atomic E-state index is 12.9. The lowest BCUT2D eigenvalue weighted by Crippen LogP contribution is -2.37. The standard InChI is InChI=1S/C76H128NO8P/c1-6-8-10-12-14-16-18-20-22-24-26-28-30-32-34-36-37-38-39-41-43-45-47-49-51-53-55-57-59-61-63-65-67-69-76(79)85-74(73-84-86(80,81)83-71-70-77(3,4)5)72-82-75(78)68-66-64-62-60-58-56-54-52-50-48-46-44-42-40-35-33-31-29-27-25-23-21-19-17-15-13-11-9-7-2/h8-11,14-17,20-23,26-29,32-35,37-38,41,43,74H,6-7,12-13,18-19,24-25,30-31,36,39-40,42,44-73H2,1-5H3/p+1/b10-8-,11-9-,16-14-,17-15-,22-20-,23-21-,28-26-,29-27-,34-32-,35-33-,38-37-,43-41-. The van der Waals surface area contributed by atoms with Crippen LogP contribution in [0.25, 0.3) is 0 Å². The van der Waals surface area contributed by atoms with Crippen LogP contribution >= 0.6 is 7.82 Å². The van der Waals surface area contributed by atoms with Crippen molar-refractivity contribution in [2.24, 2.45) is 0 Å². The van der Waals surface area contributed by atoms with Crippen LogP contribution in [0.15, 0.2) is 146 Å². The quantitative estimate of drug-likeness (QED) is 0.0211. The van der Waals surface area contributed by atoms with Crippen molar-refractivity contribution in [3.8, 4) is 0 Å². The van der Waals surface area contributed by atoms with Crippen molar-refractivity contribution < 1.29 is 42.1 Å². The summed E-state index contributed by atoms with van der Waals surface area (Å²) in [6, 6.07) is 0. The molecule has 0 radical (unpaired) electrons. The van der Waals surface area contributed by atoms with Gasteiger partial charge in [0.25, 0.3) is 0 Å². The van der Waals surface area contributed by atoms with E-state index in [4.69, 9.17) is 18.5 Å². The zero-order chi connectivity index (χ0) is 62.6. The topological polar surface area (TPSA) is 108 Å². The summed E-state index contributed by atoms with van der Waals surface area (Å²) in [5.74, 6) is -0.805. The lowest BCUT2D eigenvalue weighted by atomic mass is 10.0. The Morgan fingerprint density at radius 1 is 0.360 bits per heavy atom. The van der Waals surface area contributed by atoms with Gasteiger partial charge in [-0.25, -0.2) is 4.57 Å². The molecule has 0 aromatic heterocycles. The highest BCUT2D eigenvalue weighted by molar-refractivity contribution is 7.47. The van der Waals surface area contributed by atoms with E-state index in [0.29, 0.717) is 17.4 Å². The number of rotatable bonds is 62. The molecule has 10 heteroatoms. The lowest BCUT2D eigenvalue weighted by molar-refractivity contribution is -0.870. The van der Waals surface area contributed by atoms with E-state index in [1.54, 1.807) is 0 Å². The number of phosphoric ester groups is 1. The van der Waals surface area contributed by atoms with Crippen LogP contribution < -0.4 is 0 Å². The highest BCUT2D eigenvalue weighted by Gasteiger charge is 2.27. The molecular weight excluding hydrogens is 1090 g/mol. The van der Waals surface area contributed by atoms with Gasteiger partial charge in [0.2, 0.25) is 0 Å². The molecule has 0 aliphatic rings. The molecule has 0 amide bonds. The molecule has 0 rings (SSSR count). The summed E-state index contributed by atoms with van der Waals surface area (Å²) in [4.78, 5) is 35.9. The molecule has 0 bridgehead atoms. The fraction of sp³-hybridized carbons (Fsp3) is 0.658. The second kappa shape index (κ2) is 65.3. The molecule has 0 aliphatic carbocycles. The first-order valence-electron chi connectivity index (χ1n) is 34.6. The monoisotopic (exact) mass is 1210 g/mol. The van der Waals surface area contributed by atoms with Gasteiger partial charge < -0.3 is 18.9 Å². The summed E-state index contributed by atoms with van der Waals surface area (Å²) >= 11 is 0. The largest absolute Gasteiger partial charge is 0.472 e. The first kappa shape index (κ1) is 81.9. The van der Waals surface area contributed by atoms with Crippen LogP contribution in [0.5, 0.6) is 0 Å². The number of allylic oxidation sites excluding steroid dienone is 24. The first-order valence-corrected chi connectivity index (χ1v) is 36.1. The van der Waals surface area contributed by atoms with E-state index >= 15 is 0 Å². The Hall–Kier alpha value is -4.11. The van der Waals surface area contributed by atoms with Gasteiger partial charge >= 0.3 is 19.8 Å². The van der Waals surface area contributed by atoms with Gasteiger partial charge in [0.1, 0.15) is 19.8 Å². The Morgan fingerprint density at radius 3 is 0.930 bits per heavy atom. The number of unbranched alkanes of at least 4 members (excludes halogenated alkanes) is 24. The molecule has 2 atom stereocenters. The van der Waals surface area contributed by atoms with Crippen LogP contribution in [0.2, 0.25) is 0 Å². The van der Waals surface area contributed by atoms with Crippen LogP contribution in [0.4, 0.5) is 0 Å². The summed E-state index contributed by atoms with van der Waals surface area (Å²) in [5.41, 5.74) is 0. The first-order chi connectivity index (χ1) is 42.0. The van der Waals surface area contributed by atoms with Crippen molar-refractivity contribution in [1.29, 1.82) is 0 Å². The number of nitrogens with zero attached hydrogens (tertiary/aromatic N) is 1. The second-order valence-corrected chi connectivity index (χ2v) is 25.3. The van der Waals surface area contributed by atoms with Gasteiger partial charge in [-0.1, -0.05) is 288 Å². The minimum atomic E-state index is -4.40. The summed E-state index contributed by atoms with van der Waals surface area (Å²) in [5, 5.41) is 0. The van der Waals surface area contributed by atoms with Gasteiger partial charge in [-0.3, -0.25) is 18.6 Å². The van der Waals surface area contributed by atoms with E-state index < -0.39 is 26.5 Å². The number of carbonyl (C=O) groups excluding carboxylic acids is 2. The van der Waals surface area contributed by atoms with E-state index in [9.17, 15) is 19.0 Å². The highest BCUT2D eigenvalue weighted by Crippen LogP contribution is 2.43. The predicted octanol–water partition coefficient (Wildman–Crippen LogP) is 22.6. The predicted molar refractivity (Wildman–Crippen MR) is 371 cm³/mol. The SMILES string of the molecule is CC/C=C\C/C=C\C/C=C\C/C=C\C/C=C\C/C=C\C/C=C\CCCCCCCCCCCCCC(=O)OC(COC(=O)CCCCCCCCCCCCCCC/C=C\C/C=C\C/C=C\C/C=C\C/C=C\CC)COP(=O)(O)OCC[N+](C)(C)C. The zero-order valence-electron chi connectivity index (χ0n) is 55.7. The van der Waals surface area contributed by atoms with Crippen molar-refractivity contribution in [3.05, 3.63) is 146 Å². The number of esters is 2. The number of hydrogen-bond donors (Lipinski definition) is 1. The van der Waals surface area contributed by atoms with Crippen LogP contribution in [0.3, 0.4) is 0 Å². The van der Waals surface area contributed by atoms with Gasteiger partial charge in [-0.15, -0.1) is 0 Å². The Bertz CT molecular complexity index is 1960. The molecule has 0 aromatic rings. The number of hydrogen-bond acceptors (Lipinski definition) is 7. The van der Waals surface area contributed by atoms with E-state index in [2.05, 4.69) is 160 Å². The molecule has 1 N–H and O–H groups in total. The Balaban J connectivity index is 4.11. The third-order valence-electron chi connectivity index (χ3n) is 14.4. The molecule has 0 saturated carbocycles. The minimum Gasteiger partial charge on any atom is -0.462 e. The molecule has 0 heterocycles. The van der Waals surface area contributed by atoms with Crippen molar-refractivity contribution in [2.75, 3.05) is 47.5 Å². The minimum absolute atomic E-state index is 0.0246. The molecule has 0 aliphatic heterocycles. The summed E-state index contributed by atoms with van der Waals surface area (Å²) in [6.07, 6.45) is 96.5. The normalized spacial score (nSPS) is 14.1. The fourth-order valence-electron chi connectivity index (χ4n) is 9.14. The van der Waals surface area contributed by atoms with E-state index in [-0.39, 0.29) is 32.0 Å². The smallest absolute Gasteiger partial charge is 0.462 e. The molecule has 86 heavy (non-hydrogen) atoms. The third kappa shape index (κ3) is 69.0. The molecule has 2 unspecified atom stereocenters. The van der Waals surface area contributed by atoms with Crippen LogP contribution in [0, 0.1) is 0 Å². The number of likely N-dealkylation sites (N-methyl/N-ethyl adjacent to an activating group) is 1. The summed E-state index contributed by atoms with van der Waals surface area (Å²) in [7, 11) is 1.46. The maximum Gasteiger partial charge on any atom is 0.472 e. The van der Waals surface area contributed by atoms with Crippen molar-refractivity contribution in [1.82, 2.24) is 0 Å². The summed E-state index contributed by atoms with van der Waals surface area (Å²) < 4.78 is 34.7. The second-order valence-electron chi connectivity index (χ2n) is 23.8. The average Bonchev–Trinajstić information content (AvgIpc) is 3.70. The number of quaternary nitrogens is 1. The highest BCUT2D eigenvalue weighted by atomic mass is 31.2. The van der Waals surface area contributed by atoms with Crippen LogP contribution in [-0.4, -0.2) is 74.9 Å². The van der Waals surface area contributed by atoms with Gasteiger partial charge in [-0.2, -0.15) is 0 Å². The molecular formula is C76H129NO8P+. The third-order valence-corrected chi connectivity index (χ3v) is 15.3. The van der Waals surface area contributed by atoms with E-state index in [1.165, 1.54) is 116 Å². The molecule has 0 fully saturated rings. The molecule has 490 valence electrons. The van der Waals surface area contributed by atoms with Crippen LogP contribution in [0.1, 0.15) is 271 Å². The maximum absolute atomic E-state index is 12.9. The fourth-order valence-corrected chi connectivity index (χ4v) is 9.88. The van der Waals surface area contributed by atoms with Gasteiger partial charge in [0.05, 0.1) is 27.7 Å². The van der Waals surface area contributed by atoms with Crippen molar-refractivity contribution in [3.63, 3.8) is 0 Å². The number of phosphoric acid groups is 1. The molecule has 9 nitrogen and oxygen atoms in total. The van der Waals surface area contributed by atoms with Crippen LogP contribution in [-0.2, 0) is 32.7 Å². The van der Waals surface area contributed by atoms with Crippen molar-refractivity contribution in [2.45, 2.75) is 277 Å². The van der Waals surface area contributed by atoms with Crippen molar-refractivity contribution >= 4 is 19.8 Å². The van der Waals surface area contributed by atoms with E-state index in [1.807, 2.05) is 21.1 Å². The Morgan fingerprint density at radius 2 is 0.628 bits per heavy atom. The van der Waals surface area contributed by atoms with Gasteiger partial charge in [-0.05, 0) is 116 Å². The average molecular weight is 1220 g/mol. The number of ether oxygens (including phenoxy) is 2. The lowest BCUT2D eigenvalue weighted by Gasteiger charge is -2.24. The Labute approximate surface area is 529 Å². The van der Waals surface area contributed by atoms with Gasteiger partial charge in [0, 0.05) is 12.8 Å². The summed E-state index contributed by atoms with van der Waals surface area (Å²) in [6.45, 7) is 4.21. The zero-order valence-corrected chi connectivity index (χ0v) is 56.6. The Kier molecular flexibility index (Phi) is 62.2. The molecule has 0 spiro atoms.